The number of carbonyl (C=O) groups excluding carboxylic acids is 1. The molecule has 4 nitrogen and oxygen atoms in total. The summed E-state index contributed by atoms with van der Waals surface area (Å²) >= 11 is 0. The summed E-state index contributed by atoms with van der Waals surface area (Å²) in [5, 5.41) is 0. The summed E-state index contributed by atoms with van der Waals surface area (Å²) < 4.78 is 0. The second-order valence-corrected chi connectivity index (χ2v) is 6.11. The molecule has 0 aromatic heterocycles. The van der Waals surface area contributed by atoms with E-state index >= 15 is 0 Å². The monoisotopic (exact) mass is 343 g/mol. The highest BCUT2D eigenvalue weighted by atomic mass is 16.1. The summed E-state index contributed by atoms with van der Waals surface area (Å²) in [5.41, 5.74) is 17.1. The molecule has 0 aliphatic heterocycles. The van der Waals surface area contributed by atoms with Gasteiger partial charge in [-0.15, -0.1) is 0 Å². The average molecular weight is 343 g/mol. The van der Waals surface area contributed by atoms with Gasteiger partial charge in [0.15, 0.2) is 5.96 Å². The van der Waals surface area contributed by atoms with Gasteiger partial charge in [-0.05, 0) is 40.3 Å². The van der Waals surface area contributed by atoms with Crippen molar-refractivity contribution in [2.24, 2.45) is 16.5 Å². The molecule has 26 heavy (non-hydrogen) atoms. The molecule has 0 saturated heterocycles. The number of rotatable bonds is 4. The number of benzene rings is 3. The first-order chi connectivity index (χ1) is 12.6. The summed E-state index contributed by atoms with van der Waals surface area (Å²) in [6.45, 7) is 2.10. The van der Waals surface area contributed by atoms with Gasteiger partial charge in [-0.3, -0.25) is 4.79 Å². The lowest BCUT2D eigenvalue weighted by Crippen LogP contribution is -2.24. The van der Waals surface area contributed by atoms with Gasteiger partial charge >= 0.3 is 0 Å². The minimum Gasteiger partial charge on any atom is -0.370 e. The summed E-state index contributed by atoms with van der Waals surface area (Å²) in [6, 6.07) is 24.3. The van der Waals surface area contributed by atoms with E-state index in [0.717, 1.165) is 16.7 Å². The maximum atomic E-state index is 12.0. The van der Waals surface area contributed by atoms with Crippen LogP contribution in [0.5, 0.6) is 0 Å². The fourth-order valence-corrected chi connectivity index (χ4v) is 3.14. The predicted octanol–water partition coefficient (Wildman–Crippen LogP) is 3.67. The van der Waals surface area contributed by atoms with Crippen LogP contribution in [-0.4, -0.2) is 11.9 Å². The third-order valence-corrected chi connectivity index (χ3v) is 4.32. The molecule has 0 bridgehead atoms. The molecular formula is C22H21N3O. The van der Waals surface area contributed by atoms with Crippen molar-refractivity contribution in [1.82, 2.24) is 0 Å². The minimum atomic E-state index is -0.352. The lowest BCUT2D eigenvalue weighted by Gasteiger charge is -2.15. The quantitative estimate of drug-likeness (QED) is 0.560. The predicted molar refractivity (Wildman–Crippen MR) is 107 cm³/mol. The van der Waals surface area contributed by atoms with Crippen molar-refractivity contribution in [3.8, 4) is 22.3 Å². The maximum Gasteiger partial charge on any atom is 0.253 e. The first-order valence-corrected chi connectivity index (χ1v) is 8.42. The number of amides is 1. The van der Waals surface area contributed by atoms with Crippen LogP contribution in [0.25, 0.3) is 22.3 Å². The van der Waals surface area contributed by atoms with Gasteiger partial charge in [-0.25, -0.2) is 0 Å². The van der Waals surface area contributed by atoms with Crippen molar-refractivity contribution >= 4 is 11.9 Å². The lowest BCUT2D eigenvalue weighted by molar-refractivity contribution is -0.117. The molecule has 1 amide bonds. The average Bonchev–Trinajstić information content (AvgIpc) is 2.63. The molecule has 0 atom stereocenters. The van der Waals surface area contributed by atoms with Gasteiger partial charge in [0.1, 0.15) is 0 Å². The van der Waals surface area contributed by atoms with Crippen LogP contribution in [-0.2, 0) is 11.2 Å². The van der Waals surface area contributed by atoms with E-state index in [9.17, 15) is 4.79 Å². The van der Waals surface area contributed by atoms with Gasteiger partial charge in [-0.2, -0.15) is 4.99 Å². The van der Waals surface area contributed by atoms with Gasteiger partial charge in [0.05, 0.1) is 6.42 Å². The van der Waals surface area contributed by atoms with Crippen LogP contribution in [0.3, 0.4) is 0 Å². The largest absolute Gasteiger partial charge is 0.370 e. The van der Waals surface area contributed by atoms with Crippen molar-refractivity contribution in [2.45, 2.75) is 13.3 Å². The van der Waals surface area contributed by atoms with Gasteiger partial charge in [0, 0.05) is 0 Å². The molecule has 0 radical (unpaired) electrons. The Morgan fingerprint density at radius 1 is 0.808 bits per heavy atom. The number of hydrogen-bond donors (Lipinski definition) is 2. The number of nitrogens with two attached hydrogens (primary N) is 2. The van der Waals surface area contributed by atoms with Gasteiger partial charge in [0.2, 0.25) is 0 Å². The van der Waals surface area contributed by atoms with Crippen LogP contribution in [0.15, 0.2) is 77.8 Å². The molecule has 0 unspecified atom stereocenters. The second kappa shape index (κ2) is 7.66. The minimum absolute atomic E-state index is 0.156. The highest BCUT2D eigenvalue weighted by Crippen LogP contribution is 2.33. The highest BCUT2D eigenvalue weighted by Gasteiger charge is 2.13. The van der Waals surface area contributed by atoms with Crippen LogP contribution >= 0.6 is 0 Å². The van der Waals surface area contributed by atoms with E-state index in [-0.39, 0.29) is 18.3 Å². The molecule has 4 N–H and O–H groups in total. The first-order valence-electron chi connectivity index (χ1n) is 8.42. The number of aliphatic imine (C=N–C) groups is 1. The molecule has 0 spiro atoms. The fraction of sp³-hybridized carbons (Fsp3) is 0.0909. The molecule has 0 fully saturated rings. The molecule has 0 aliphatic rings. The topological polar surface area (TPSA) is 81.5 Å². The zero-order chi connectivity index (χ0) is 18.5. The summed E-state index contributed by atoms with van der Waals surface area (Å²) in [4.78, 5) is 15.7. The van der Waals surface area contributed by atoms with E-state index in [2.05, 4.69) is 36.2 Å². The smallest absolute Gasteiger partial charge is 0.253 e. The zero-order valence-corrected chi connectivity index (χ0v) is 14.6. The van der Waals surface area contributed by atoms with Crippen molar-refractivity contribution in [2.75, 3.05) is 0 Å². The van der Waals surface area contributed by atoms with E-state index < -0.39 is 0 Å². The number of nitrogens with zero attached hydrogens (tertiary/aromatic N) is 1. The van der Waals surface area contributed by atoms with Crippen LogP contribution in [0, 0.1) is 6.92 Å². The Morgan fingerprint density at radius 2 is 1.42 bits per heavy atom. The lowest BCUT2D eigenvalue weighted by atomic mass is 9.90. The Kier molecular flexibility index (Phi) is 5.13. The van der Waals surface area contributed by atoms with Crippen molar-refractivity contribution < 1.29 is 4.79 Å². The van der Waals surface area contributed by atoms with Crippen molar-refractivity contribution in [3.63, 3.8) is 0 Å². The Labute approximate surface area is 153 Å². The summed E-state index contributed by atoms with van der Waals surface area (Å²) in [7, 11) is 0. The Morgan fingerprint density at radius 3 is 2.15 bits per heavy atom. The normalized spacial score (nSPS) is 10.3. The molecule has 0 saturated carbocycles. The third-order valence-electron chi connectivity index (χ3n) is 4.32. The number of hydrogen-bond acceptors (Lipinski definition) is 1. The molecule has 3 aromatic carbocycles. The van der Waals surface area contributed by atoms with Crippen LogP contribution in [0.1, 0.15) is 11.1 Å². The van der Waals surface area contributed by atoms with Crippen molar-refractivity contribution in [3.05, 3.63) is 83.9 Å². The van der Waals surface area contributed by atoms with E-state index in [4.69, 9.17) is 11.5 Å². The van der Waals surface area contributed by atoms with E-state index in [1.54, 1.807) is 0 Å². The summed E-state index contributed by atoms with van der Waals surface area (Å²) in [6.07, 6.45) is 0.156. The van der Waals surface area contributed by atoms with Gasteiger partial charge < -0.3 is 11.5 Å². The summed E-state index contributed by atoms with van der Waals surface area (Å²) in [5.74, 6) is -0.566. The van der Waals surface area contributed by atoms with Gasteiger partial charge in [0.25, 0.3) is 5.91 Å². The van der Waals surface area contributed by atoms with Gasteiger partial charge in [-0.1, -0.05) is 72.8 Å². The third kappa shape index (κ3) is 3.81. The molecule has 130 valence electrons. The Bertz CT molecular complexity index is 958. The number of guanidine groups is 1. The van der Waals surface area contributed by atoms with Crippen LogP contribution in [0.4, 0.5) is 0 Å². The SMILES string of the molecule is Cc1c(-c2ccccc2)cccc1-c1ccccc1CC(=O)N=C(N)N. The van der Waals surface area contributed by atoms with Crippen molar-refractivity contribution in [1.29, 1.82) is 0 Å². The molecule has 0 aliphatic carbocycles. The van der Waals surface area contributed by atoms with Crippen LogP contribution < -0.4 is 11.5 Å². The van der Waals surface area contributed by atoms with E-state index in [0.29, 0.717) is 0 Å². The molecular weight excluding hydrogens is 322 g/mol. The molecule has 3 aromatic rings. The molecule has 4 heteroatoms. The highest BCUT2D eigenvalue weighted by molar-refractivity contribution is 5.93. The maximum absolute atomic E-state index is 12.0. The molecule has 3 rings (SSSR count). The van der Waals surface area contributed by atoms with Crippen LogP contribution in [0.2, 0.25) is 0 Å². The Balaban J connectivity index is 2.06. The second-order valence-electron chi connectivity index (χ2n) is 6.11. The zero-order valence-electron chi connectivity index (χ0n) is 14.6. The molecule has 0 heterocycles. The van der Waals surface area contributed by atoms with E-state index in [1.807, 2.05) is 48.5 Å². The number of carbonyl (C=O) groups is 1. The van der Waals surface area contributed by atoms with E-state index in [1.165, 1.54) is 16.7 Å². The standard InChI is InChI=1S/C22H21N3O/c1-15-18(16-8-3-2-4-9-16)12-7-13-19(15)20-11-6-5-10-17(20)14-21(26)25-22(23)24/h2-13H,14H2,1H3,(H4,23,24,25,26). The first kappa shape index (κ1) is 17.4. The Hall–Kier alpha value is -3.40. The fourth-order valence-electron chi connectivity index (χ4n) is 3.14.